The summed E-state index contributed by atoms with van der Waals surface area (Å²) in [7, 11) is 3.99. The van der Waals surface area contributed by atoms with E-state index in [2.05, 4.69) is 10.6 Å². The third-order valence-electron chi connectivity index (χ3n) is 5.93. The molecule has 1 heterocycles. The molecule has 2 N–H and O–H groups in total. The Hall–Kier alpha value is -2.57. The number of amides is 1. The van der Waals surface area contributed by atoms with Crippen molar-refractivity contribution < 1.29 is 4.79 Å². The average molecular weight is 472 g/mol. The highest BCUT2D eigenvalue weighted by molar-refractivity contribution is 6.39. The zero-order valence-corrected chi connectivity index (χ0v) is 19.7. The quantitative estimate of drug-likeness (QED) is 0.503. The predicted octanol–water partition coefficient (Wildman–Crippen LogP) is 5.40. The van der Waals surface area contributed by atoms with Crippen LogP contribution in [0, 0.1) is 5.92 Å². The SMILES string of the molecule is CN(C)c1nc(N[C@H]2CC[C@@H](CNC(=O)c3c(Cl)cccc3Cl)CC2)nc2ccccc12. The third kappa shape index (κ3) is 5.08. The van der Waals surface area contributed by atoms with E-state index in [0.717, 1.165) is 42.4 Å². The lowest BCUT2D eigenvalue weighted by Gasteiger charge is -2.29. The van der Waals surface area contributed by atoms with Gasteiger partial charge in [0.25, 0.3) is 5.91 Å². The van der Waals surface area contributed by atoms with Gasteiger partial charge in [-0.3, -0.25) is 4.79 Å². The molecule has 6 nitrogen and oxygen atoms in total. The molecule has 2 aromatic carbocycles. The van der Waals surface area contributed by atoms with Gasteiger partial charge in [-0.1, -0.05) is 41.4 Å². The van der Waals surface area contributed by atoms with Crippen LogP contribution in [-0.2, 0) is 0 Å². The van der Waals surface area contributed by atoms with Crippen LogP contribution in [-0.4, -0.2) is 42.6 Å². The summed E-state index contributed by atoms with van der Waals surface area (Å²) in [4.78, 5) is 24.0. The van der Waals surface area contributed by atoms with Crippen molar-refractivity contribution in [1.82, 2.24) is 15.3 Å². The van der Waals surface area contributed by atoms with Gasteiger partial charge in [0.2, 0.25) is 5.95 Å². The number of carbonyl (C=O) groups excluding carboxylic acids is 1. The molecule has 4 rings (SSSR count). The van der Waals surface area contributed by atoms with Gasteiger partial charge in [-0.2, -0.15) is 4.98 Å². The maximum absolute atomic E-state index is 12.5. The molecule has 8 heteroatoms. The first-order chi connectivity index (χ1) is 15.4. The number of nitrogens with one attached hydrogen (secondary N) is 2. The summed E-state index contributed by atoms with van der Waals surface area (Å²) in [5.41, 5.74) is 1.28. The Morgan fingerprint density at radius 1 is 1.00 bits per heavy atom. The fourth-order valence-corrected chi connectivity index (χ4v) is 4.77. The lowest BCUT2D eigenvalue weighted by atomic mass is 9.86. The van der Waals surface area contributed by atoms with Crippen LogP contribution in [0.1, 0.15) is 36.0 Å². The molecule has 0 unspecified atom stereocenters. The van der Waals surface area contributed by atoms with E-state index >= 15 is 0 Å². The Bertz CT molecular complexity index is 1090. The summed E-state index contributed by atoms with van der Waals surface area (Å²) in [5, 5.41) is 8.30. The molecular weight excluding hydrogens is 445 g/mol. The van der Waals surface area contributed by atoms with Gasteiger partial charge >= 0.3 is 0 Å². The number of benzene rings is 2. The third-order valence-corrected chi connectivity index (χ3v) is 6.56. The van der Waals surface area contributed by atoms with Crippen molar-refractivity contribution in [3.63, 3.8) is 0 Å². The van der Waals surface area contributed by atoms with Crippen LogP contribution in [0.2, 0.25) is 10.0 Å². The van der Waals surface area contributed by atoms with E-state index < -0.39 is 0 Å². The highest BCUT2D eigenvalue weighted by Gasteiger charge is 2.23. The van der Waals surface area contributed by atoms with Gasteiger partial charge in [0.1, 0.15) is 5.82 Å². The summed E-state index contributed by atoms with van der Waals surface area (Å²) in [5.74, 6) is 1.78. The molecule has 3 aromatic rings. The van der Waals surface area contributed by atoms with Gasteiger partial charge in [0, 0.05) is 32.1 Å². The number of carbonyl (C=O) groups is 1. The summed E-state index contributed by atoms with van der Waals surface area (Å²) in [6.45, 7) is 0.615. The molecule has 1 aromatic heterocycles. The van der Waals surface area contributed by atoms with E-state index in [-0.39, 0.29) is 5.91 Å². The number of anilines is 2. The average Bonchev–Trinajstić information content (AvgIpc) is 2.78. The molecule has 1 saturated carbocycles. The van der Waals surface area contributed by atoms with E-state index in [1.54, 1.807) is 18.2 Å². The smallest absolute Gasteiger partial charge is 0.254 e. The molecule has 0 saturated heterocycles. The van der Waals surface area contributed by atoms with Gasteiger partial charge in [-0.05, 0) is 55.9 Å². The number of para-hydroxylation sites is 1. The topological polar surface area (TPSA) is 70.2 Å². The Labute approximate surface area is 198 Å². The minimum absolute atomic E-state index is 0.221. The molecule has 168 valence electrons. The first kappa shape index (κ1) is 22.6. The van der Waals surface area contributed by atoms with Crippen LogP contribution < -0.4 is 15.5 Å². The summed E-state index contributed by atoms with van der Waals surface area (Å²) >= 11 is 12.3. The van der Waals surface area contributed by atoms with Gasteiger partial charge in [0.15, 0.2) is 0 Å². The lowest BCUT2D eigenvalue weighted by Crippen LogP contribution is -2.34. The summed E-state index contributed by atoms with van der Waals surface area (Å²) < 4.78 is 0. The molecule has 1 aliphatic carbocycles. The van der Waals surface area contributed by atoms with E-state index in [1.807, 2.05) is 43.3 Å². The van der Waals surface area contributed by atoms with Crippen LogP contribution in [0.15, 0.2) is 42.5 Å². The largest absolute Gasteiger partial charge is 0.362 e. The maximum Gasteiger partial charge on any atom is 0.254 e. The van der Waals surface area contributed by atoms with E-state index in [9.17, 15) is 4.79 Å². The molecule has 0 aliphatic heterocycles. The van der Waals surface area contributed by atoms with Gasteiger partial charge in [-0.15, -0.1) is 0 Å². The van der Waals surface area contributed by atoms with Crippen molar-refractivity contribution >= 4 is 51.8 Å². The van der Waals surface area contributed by atoms with Crippen LogP contribution >= 0.6 is 23.2 Å². The number of rotatable bonds is 6. The summed E-state index contributed by atoms with van der Waals surface area (Å²) in [6, 6.07) is 13.5. The van der Waals surface area contributed by atoms with Crippen molar-refractivity contribution in [3.05, 3.63) is 58.1 Å². The van der Waals surface area contributed by atoms with Gasteiger partial charge < -0.3 is 15.5 Å². The fourth-order valence-electron chi connectivity index (χ4n) is 4.20. The zero-order chi connectivity index (χ0) is 22.7. The lowest BCUT2D eigenvalue weighted by molar-refractivity contribution is 0.0943. The Morgan fingerprint density at radius 3 is 2.38 bits per heavy atom. The summed E-state index contributed by atoms with van der Waals surface area (Å²) in [6.07, 6.45) is 4.03. The van der Waals surface area contributed by atoms with E-state index in [0.29, 0.717) is 40.1 Å². The highest BCUT2D eigenvalue weighted by atomic mass is 35.5. The van der Waals surface area contributed by atoms with Crippen LogP contribution in [0.25, 0.3) is 10.9 Å². The molecule has 0 spiro atoms. The maximum atomic E-state index is 12.5. The van der Waals surface area contributed by atoms with Crippen molar-refractivity contribution in [2.45, 2.75) is 31.7 Å². The number of hydrogen-bond donors (Lipinski definition) is 2. The predicted molar refractivity (Wildman–Crippen MR) is 132 cm³/mol. The minimum atomic E-state index is -0.221. The van der Waals surface area contributed by atoms with Crippen LogP contribution in [0.3, 0.4) is 0 Å². The monoisotopic (exact) mass is 471 g/mol. The minimum Gasteiger partial charge on any atom is -0.362 e. The van der Waals surface area contributed by atoms with Crippen molar-refractivity contribution in [3.8, 4) is 0 Å². The second-order valence-electron chi connectivity index (χ2n) is 8.45. The first-order valence-electron chi connectivity index (χ1n) is 10.8. The molecule has 32 heavy (non-hydrogen) atoms. The molecule has 0 bridgehead atoms. The molecular formula is C24H27Cl2N5O. The van der Waals surface area contributed by atoms with E-state index in [1.165, 1.54) is 0 Å². The number of fused-ring (bicyclic) bond motifs is 1. The number of halogens is 2. The number of nitrogens with zero attached hydrogens (tertiary/aromatic N) is 3. The number of hydrogen-bond acceptors (Lipinski definition) is 5. The van der Waals surface area contributed by atoms with Crippen molar-refractivity contribution in [2.75, 3.05) is 30.9 Å². The molecule has 1 amide bonds. The van der Waals surface area contributed by atoms with Gasteiger partial charge in [-0.25, -0.2) is 4.98 Å². The standard InChI is InChI=1S/C24H27Cl2N5O/c1-31(2)22-17-6-3-4-9-20(17)29-24(30-22)28-16-12-10-15(11-13-16)14-27-23(32)21-18(25)7-5-8-19(21)26/h3-9,15-16H,10-14H2,1-2H3,(H,27,32)(H,28,29,30)/t15-,16+. The molecule has 0 atom stereocenters. The van der Waals surface area contributed by atoms with Crippen molar-refractivity contribution in [2.24, 2.45) is 5.92 Å². The van der Waals surface area contributed by atoms with Crippen LogP contribution in [0.5, 0.6) is 0 Å². The Morgan fingerprint density at radius 2 is 1.69 bits per heavy atom. The second-order valence-corrected chi connectivity index (χ2v) is 9.27. The normalized spacial score (nSPS) is 18.4. The fraction of sp³-hybridized carbons (Fsp3) is 0.375. The Kier molecular flexibility index (Phi) is 7.01. The Balaban J connectivity index is 1.33. The number of aromatic nitrogens is 2. The van der Waals surface area contributed by atoms with Crippen LogP contribution in [0.4, 0.5) is 11.8 Å². The molecule has 1 fully saturated rings. The zero-order valence-electron chi connectivity index (χ0n) is 18.2. The van der Waals surface area contributed by atoms with Crippen molar-refractivity contribution in [1.29, 1.82) is 0 Å². The molecule has 0 radical (unpaired) electrons. The molecule has 1 aliphatic rings. The van der Waals surface area contributed by atoms with E-state index in [4.69, 9.17) is 33.2 Å². The second kappa shape index (κ2) is 9.92. The first-order valence-corrected chi connectivity index (χ1v) is 11.6. The van der Waals surface area contributed by atoms with Gasteiger partial charge in [0.05, 0.1) is 21.1 Å². The highest BCUT2D eigenvalue weighted by Crippen LogP contribution is 2.29.